The molecule has 0 heterocycles. The fourth-order valence-corrected chi connectivity index (χ4v) is 8.68. The molecule has 2 unspecified atom stereocenters. The first-order valence-corrected chi connectivity index (χ1v) is 22.5. The molecule has 0 amide bonds. The van der Waals surface area contributed by atoms with Gasteiger partial charge in [0.1, 0.15) is 0 Å². The summed E-state index contributed by atoms with van der Waals surface area (Å²) < 4.78 is 89.7. The van der Waals surface area contributed by atoms with Crippen LogP contribution in [-0.4, -0.2) is 75.8 Å². The minimum Gasteiger partial charge on any atom is -0.394 e. The molecule has 0 fully saturated rings. The molecule has 53 heavy (non-hydrogen) atoms. The average Bonchev–Trinajstić information content (AvgIpc) is 3.13. The van der Waals surface area contributed by atoms with Crippen LogP contribution in [0.1, 0.15) is 139 Å². The van der Waals surface area contributed by atoms with Gasteiger partial charge in [0, 0.05) is 24.0 Å². The maximum atomic E-state index is 12.9. The Morgan fingerprint density at radius 3 is 1.11 bits per heavy atom. The Balaban J connectivity index is 2.14. The third kappa shape index (κ3) is 15.6. The van der Waals surface area contributed by atoms with Crippen LogP contribution in [0.15, 0.2) is 48.5 Å². The number of benzene rings is 2. The largest absolute Gasteiger partial charge is 0.394 e. The fraction of sp³-hybridized carbons (Fsp3) is 0.700. The normalized spacial score (nSPS) is 14.6. The van der Waals surface area contributed by atoms with E-state index in [0.29, 0.717) is 0 Å². The minimum atomic E-state index is -4.91. The van der Waals surface area contributed by atoms with Crippen molar-refractivity contribution in [1.82, 2.24) is 0 Å². The monoisotopic (exact) mass is 786 g/mol. The molecule has 0 saturated heterocycles. The quantitative estimate of drug-likeness (QED) is 0.0419. The molecule has 0 aliphatic carbocycles. The van der Waals surface area contributed by atoms with Gasteiger partial charge < -0.3 is 24.4 Å². The second kappa shape index (κ2) is 25.3. The Morgan fingerprint density at radius 2 is 0.811 bits per heavy atom. The summed E-state index contributed by atoms with van der Waals surface area (Å²) in [4.78, 5) is -4.52. The fourth-order valence-electron chi connectivity index (χ4n) is 6.66. The molecule has 0 saturated carbocycles. The zero-order valence-corrected chi connectivity index (χ0v) is 33.7. The van der Waals surface area contributed by atoms with Crippen molar-refractivity contribution in [2.45, 2.75) is 139 Å². The van der Waals surface area contributed by atoms with Gasteiger partial charge in [0.25, 0.3) is 20.2 Å². The Bertz CT molecular complexity index is 1350. The van der Waals surface area contributed by atoms with Crippen LogP contribution in [-0.2, 0) is 57.2 Å². The molecule has 4 N–H and O–H groups in total. The van der Waals surface area contributed by atoms with Crippen LogP contribution in [0.3, 0.4) is 0 Å². The van der Waals surface area contributed by atoms with E-state index in [4.69, 9.17) is 14.2 Å². The smallest absolute Gasteiger partial charge is 0.299 e. The molecule has 0 aliphatic heterocycles. The van der Waals surface area contributed by atoms with Crippen LogP contribution >= 0.6 is 0 Å². The molecule has 2 aromatic carbocycles. The highest BCUT2D eigenvalue weighted by Gasteiger charge is 2.47. The summed E-state index contributed by atoms with van der Waals surface area (Å²) in [5.41, 5.74) is 2.35. The van der Waals surface area contributed by atoms with Gasteiger partial charge in [0.15, 0.2) is 0 Å². The van der Waals surface area contributed by atoms with Crippen LogP contribution in [0.5, 0.6) is 0 Å². The maximum absolute atomic E-state index is 12.9. The van der Waals surface area contributed by atoms with Gasteiger partial charge in [-0.25, -0.2) is 0 Å². The predicted octanol–water partition coefficient (Wildman–Crippen LogP) is 7.87. The number of ether oxygens (including phenoxy) is 3. The summed E-state index contributed by atoms with van der Waals surface area (Å²) in [6.07, 6.45) is 17.2. The number of aliphatic hydroxyl groups is 2. The Hall–Kier alpha value is -1.94. The van der Waals surface area contributed by atoms with Crippen molar-refractivity contribution in [3.05, 3.63) is 70.8 Å². The number of rotatable bonds is 32. The van der Waals surface area contributed by atoms with Crippen LogP contribution in [0, 0.1) is 0 Å². The number of unbranched alkanes of at least 4 members (excludes halogenated alkanes) is 12. The zero-order chi connectivity index (χ0) is 39.1. The molecule has 0 bridgehead atoms. The molecule has 0 spiro atoms. The zero-order valence-electron chi connectivity index (χ0n) is 32.1. The summed E-state index contributed by atoms with van der Waals surface area (Å²) in [6.45, 7) is 2.03. The highest BCUT2D eigenvalue weighted by molar-refractivity contribution is 7.86. The van der Waals surface area contributed by atoms with Crippen molar-refractivity contribution >= 4 is 20.2 Å². The number of hydrogen-bond acceptors (Lipinski definition) is 9. The lowest BCUT2D eigenvalue weighted by molar-refractivity contribution is -0.0469. The van der Waals surface area contributed by atoms with E-state index in [1.165, 1.54) is 64.2 Å². The van der Waals surface area contributed by atoms with Crippen molar-refractivity contribution in [3.63, 3.8) is 0 Å². The lowest BCUT2D eigenvalue weighted by Gasteiger charge is -2.32. The van der Waals surface area contributed by atoms with E-state index in [1.807, 2.05) is 0 Å². The second-order valence-corrected chi connectivity index (χ2v) is 17.1. The van der Waals surface area contributed by atoms with Gasteiger partial charge in [-0.15, -0.1) is 0 Å². The summed E-state index contributed by atoms with van der Waals surface area (Å²) >= 11 is 0. The number of aryl methyl sites for hydroxylation is 2. The molecule has 11 nitrogen and oxygen atoms in total. The average molecular weight is 787 g/mol. The van der Waals surface area contributed by atoms with Crippen molar-refractivity contribution in [3.8, 4) is 0 Å². The molecule has 0 aromatic heterocycles. The van der Waals surface area contributed by atoms with Crippen LogP contribution in [0.25, 0.3) is 0 Å². The van der Waals surface area contributed by atoms with Crippen molar-refractivity contribution in [1.29, 1.82) is 0 Å². The standard InChI is InChI=1S/C40H66O11S2/c1-3-5-7-9-11-13-15-17-35-19-23-37(24-20-35)39(50-33-29-41,52(43,44)45)27-31-49-32-28-40(51-34-30-42,53(46,47)48)38-25-21-36(22-26-38)18-16-14-12-10-8-6-4-2/h19-26,41-42H,3-18,27-34H2,1-2H3,(H,43,44,45)(H,46,47,48). The number of hydrogen-bond donors (Lipinski definition) is 4. The van der Waals surface area contributed by atoms with Gasteiger partial charge in [-0.05, 0) is 36.8 Å². The van der Waals surface area contributed by atoms with Crippen LogP contribution in [0.2, 0.25) is 0 Å². The van der Waals surface area contributed by atoms with Gasteiger partial charge in [-0.3, -0.25) is 9.11 Å². The summed E-state index contributed by atoms with van der Waals surface area (Å²) in [6, 6.07) is 13.6. The van der Waals surface area contributed by atoms with Gasteiger partial charge in [0.05, 0.1) is 39.6 Å². The molecule has 2 rings (SSSR count). The topological polar surface area (TPSA) is 177 Å². The van der Waals surface area contributed by atoms with E-state index < -0.39 is 43.3 Å². The van der Waals surface area contributed by atoms with Crippen molar-refractivity contribution in [2.24, 2.45) is 0 Å². The lowest BCUT2D eigenvalue weighted by Crippen LogP contribution is -2.41. The van der Waals surface area contributed by atoms with E-state index in [1.54, 1.807) is 48.5 Å². The molecular formula is C40H66O11S2. The first-order chi connectivity index (χ1) is 25.4. The molecule has 2 atom stereocenters. The summed E-state index contributed by atoms with van der Waals surface area (Å²) in [5, 5.41) is 19.0. The first kappa shape index (κ1) is 47.2. The third-order valence-electron chi connectivity index (χ3n) is 9.76. The summed E-state index contributed by atoms with van der Waals surface area (Å²) in [7, 11) is -9.82. The van der Waals surface area contributed by atoms with E-state index in [9.17, 15) is 36.2 Å². The van der Waals surface area contributed by atoms with Crippen LogP contribution in [0.4, 0.5) is 0 Å². The molecular weight excluding hydrogens is 721 g/mol. The van der Waals surface area contributed by atoms with E-state index >= 15 is 0 Å². The van der Waals surface area contributed by atoms with Gasteiger partial charge in [0.2, 0.25) is 9.87 Å². The minimum absolute atomic E-state index is 0.163. The Morgan fingerprint density at radius 1 is 0.491 bits per heavy atom. The van der Waals surface area contributed by atoms with Crippen molar-refractivity contribution in [2.75, 3.05) is 39.6 Å². The predicted molar refractivity (Wildman–Crippen MR) is 209 cm³/mol. The Labute approximate surface area is 319 Å². The molecule has 0 aliphatic rings. The van der Waals surface area contributed by atoms with Gasteiger partial charge >= 0.3 is 0 Å². The molecule has 2 aromatic rings. The SMILES string of the molecule is CCCCCCCCCc1ccc(C(CCOCCC(OCCO)(c2ccc(CCCCCCCCC)cc2)S(=O)(=O)O)(OCCO)S(=O)(=O)O)cc1. The van der Waals surface area contributed by atoms with Gasteiger partial charge in [-0.2, -0.15) is 16.8 Å². The van der Waals surface area contributed by atoms with E-state index in [-0.39, 0.29) is 50.4 Å². The second-order valence-electron chi connectivity index (χ2n) is 13.8. The van der Waals surface area contributed by atoms with Crippen LogP contribution < -0.4 is 0 Å². The molecule has 0 radical (unpaired) electrons. The lowest BCUT2D eigenvalue weighted by atomic mass is 10.00. The molecule has 304 valence electrons. The summed E-state index contributed by atoms with van der Waals surface area (Å²) in [5.74, 6) is 0. The highest BCUT2D eigenvalue weighted by atomic mass is 32.2. The first-order valence-electron chi connectivity index (χ1n) is 19.6. The van der Waals surface area contributed by atoms with Gasteiger partial charge in [-0.1, -0.05) is 139 Å². The van der Waals surface area contributed by atoms with E-state index in [2.05, 4.69) is 13.8 Å². The highest BCUT2D eigenvalue weighted by Crippen LogP contribution is 2.38. The number of aliphatic hydroxyl groups excluding tert-OH is 2. The maximum Gasteiger partial charge on any atom is 0.299 e. The van der Waals surface area contributed by atoms with Crippen molar-refractivity contribution < 1.29 is 50.4 Å². The van der Waals surface area contributed by atoms with E-state index in [0.717, 1.165) is 49.7 Å². The third-order valence-corrected chi connectivity index (χ3v) is 12.5. The Kier molecular flexibility index (Phi) is 22.5. The molecule has 13 heteroatoms.